The van der Waals surface area contributed by atoms with Gasteiger partial charge < -0.3 is 0 Å². The lowest BCUT2D eigenvalue weighted by Crippen LogP contribution is -2.04. The summed E-state index contributed by atoms with van der Waals surface area (Å²) in [6.07, 6.45) is 2.45. The molecule has 0 aromatic heterocycles. The first-order valence-corrected chi connectivity index (χ1v) is 3.83. The van der Waals surface area contributed by atoms with Crippen molar-refractivity contribution in [2.24, 2.45) is 4.99 Å². The summed E-state index contributed by atoms with van der Waals surface area (Å²) in [5, 5.41) is 0. The van der Waals surface area contributed by atoms with E-state index in [1.807, 2.05) is 0 Å². The molecule has 0 saturated heterocycles. The maximum atomic E-state index is 11.0. The number of hydrogen-bond acceptors (Lipinski definition) is 3. The lowest BCUT2D eigenvalue weighted by atomic mass is 10.1. The van der Waals surface area contributed by atoms with Crippen molar-refractivity contribution < 1.29 is 9.59 Å². The summed E-state index contributed by atoms with van der Waals surface area (Å²) in [5.41, 5.74) is 0.553. The first kappa shape index (κ1) is 10.8. The maximum absolute atomic E-state index is 11.0. The number of aliphatic imine (C=N–C) groups is 1. The third-order valence-corrected chi connectivity index (χ3v) is 1.54. The summed E-state index contributed by atoms with van der Waals surface area (Å²) in [6.45, 7) is 6.97. The number of nitrogens with zero attached hydrogens (tertiary/aromatic N) is 1. The van der Waals surface area contributed by atoms with Crippen LogP contribution < -0.4 is 0 Å². The van der Waals surface area contributed by atoms with Crippen LogP contribution in [0.3, 0.4) is 0 Å². The van der Waals surface area contributed by atoms with E-state index in [1.165, 1.54) is 6.08 Å². The number of Topliss-reactive ketones (excluding diaryl/α,β-unsaturated/α-hetero) is 1. The van der Waals surface area contributed by atoms with Crippen molar-refractivity contribution >= 4 is 11.9 Å². The molecule has 0 aliphatic heterocycles. The smallest absolute Gasteiger partial charge is 0.235 e. The van der Waals surface area contributed by atoms with Gasteiger partial charge in [-0.15, -0.1) is 0 Å². The van der Waals surface area contributed by atoms with Gasteiger partial charge in [-0.05, 0) is 25.8 Å². The minimum absolute atomic E-state index is 0.0305. The quantitative estimate of drug-likeness (QED) is 0.355. The molecule has 3 nitrogen and oxygen atoms in total. The molecular formula is C9H13NO2. The van der Waals surface area contributed by atoms with Crippen LogP contribution in [-0.4, -0.2) is 17.9 Å². The highest BCUT2D eigenvalue weighted by atomic mass is 16.1. The van der Waals surface area contributed by atoms with Gasteiger partial charge in [0.15, 0.2) is 5.78 Å². The summed E-state index contributed by atoms with van der Waals surface area (Å²) < 4.78 is 0. The van der Waals surface area contributed by atoms with Gasteiger partial charge in [0.1, 0.15) is 0 Å². The highest BCUT2D eigenvalue weighted by Gasteiger charge is 2.05. The standard InChI is InChI=1S/C9H13NO2/c1-7(2)9(12)5-4-8(3)10-6-11/h8H,1,4-5H2,2-3H3. The molecule has 0 aliphatic rings. The molecule has 0 N–H and O–H groups in total. The Bertz CT molecular complexity index is 227. The molecule has 0 amide bonds. The SMILES string of the molecule is C=C(C)C(=O)CCC(C)N=C=O. The number of allylic oxidation sites excluding steroid dienone is 1. The average Bonchev–Trinajstić information content (AvgIpc) is 2.00. The maximum Gasteiger partial charge on any atom is 0.235 e. The number of carbonyl (C=O) groups excluding carboxylic acids is 2. The number of rotatable bonds is 5. The number of carbonyl (C=O) groups is 1. The Balaban J connectivity index is 3.75. The van der Waals surface area contributed by atoms with Gasteiger partial charge in [-0.2, -0.15) is 0 Å². The average molecular weight is 167 g/mol. The van der Waals surface area contributed by atoms with Crippen molar-refractivity contribution in [2.45, 2.75) is 32.7 Å². The van der Waals surface area contributed by atoms with E-state index in [1.54, 1.807) is 13.8 Å². The van der Waals surface area contributed by atoms with Crippen LogP contribution in [0.2, 0.25) is 0 Å². The summed E-state index contributed by atoms with van der Waals surface area (Å²) in [4.78, 5) is 24.3. The minimum Gasteiger partial charge on any atom is -0.295 e. The van der Waals surface area contributed by atoms with Crippen LogP contribution in [0, 0.1) is 0 Å². The van der Waals surface area contributed by atoms with Crippen LogP contribution in [0.4, 0.5) is 0 Å². The van der Waals surface area contributed by atoms with Crippen molar-refractivity contribution in [2.75, 3.05) is 0 Å². The normalized spacial score (nSPS) is 11.5. The zero-order chi connectivity index (χ0) is 9.56. The zero-order valence-corrected chi connectivity index (χ0v) is 7.46. The molecule has 0 radical (unpaired) electrons. The van der Waals surface area contributed by atoms with Gasteiger partial charge >= 0.3 is 0 Å². The Morgan fingerprint density at radius 1 is 1.67 bits per heavy atom. The Labute approximate surface area is 72.2 Å². The highest BCUT2D eigenvalue weighted by molar-refractivity contribution is 5.94. The van der Waals surface area contributed by atoms with Crippen LogP contribution in [0.5, 0.6) is 0 Å². The van der Waals surface area contributed by atoms with E-state index in [0.717, 1.165) is 0 Å². The number of hydrogen-bond donors (Lipinski definition) is 0. The molecule has 1 unspecified atom stereocenters. The van der Waals surface area contributed by atoms with Gasteiger partial charge in [0, 0.05) is 6.42 Å². The lowest BCUT2D eigenvalue weighted by molar-refractivity contribution is -0.115. The van der Waals surface area contributed by atoms with Crippen LogP contribution in [-0.2, 0) is 9.59 Å². The van der Waals surface area contributed by atoms with Crippen LogP contribution in [0.25, 0.3) is 0 Å². The second-order valence-corrected chi connectivity index (χ2v) is 2.81. The molecule has 0 heterocycles. The van der Waals surface area contributed by atoms with Gasteiger partial charge in [-0.25, -0.2) is 9.79 Å². The predicted molar refractivity (Wildman–Crippen MR) is 46.6 cm³/mol. The third kappa shape index (κ3) is 4.58. The number of ketones is 1. The fraction of sp³-hybridized carbons (Fsp3) is 0.556. The van der Waals surface area contributed by atoms with E-state index in [-0.39, 0.29) is 11.8 Å². The van der Waals surface area contributed by atoms with Gasteiger partial charge in [0.25, 0.3) is 0 Å². The summed E-state index contributed by atoms with van der Waals surface area (Å²) >= 11 is 0. The Kier molecular flexibility index (Phi) is 4.89. The summed E-state index contributed by atoms with van der Waals surface area (Å²) in [6, 6.07) is -0.120. The molecule has 0 aromatic carbocycles. The van der Waals surface area contributed by atoms with E-state index in [2.05, 4.69) is 11.6 Å². The van der Waals surface area contributed by atoms with E-state index in [9.17, 15) is 9.59 Å². The first-order chi connectivity index (χ1) is 5.57. The van der Waals surface area contributed by atoms with E-state index in [4.69, 9.17) is 0 Å². The number of isocyanates is 1. The van der Waals surface area contributed by atoms with Crippen molar-refractivity contribution in [1.82, 2.24) is 0 Å². The first-order valence-electron chi connectivity index (χ1n) is 3.83. The third-order valence-electron chi connectivity index (χ3n) is 1.54. The van der Waals surface area contributed by atoms with Crippen molar-refractivity contribution in [3.05, 3.63) is 12.2 Å². The van der Waals surface area contributed by atoms with Gasteiger partial charge in [0.2, 0.25) is 6.08 Å². The van der Waals surface area contributed by atoms with E-state index >= 15 is 0 Å². The molecule has 0 rings (SSSR count). The molecule has 0 aliphatic carbocycles. The molecule has 1 atom stereocenters. The molecule has 66 valence electrons. The fourth-order valence-electron chi connectivity index (χ4n) is 0.708. The Hall–Kier alpha value is -1.21. The molecule has 0 fully saturated rings. The van der Waals surface area contributed by atoms with E-state index < -0.39 is 0 Å². The van der Waals surface area contributed by atoms with Gasteiger partial charge in [-0.1, -0.05) is 6.58 Å². The summed E-state index contributed by atoms with van der Waals surface area (Å²) in [7, 11) is 0. The molecule has 0 aromatic rings. The predicted octanol–water partition coefficient (Wildman–Crippen LogP) is 1.64. The summed E-state index contributed by atoms with van der Waals surface area (Å²) in [5.74, 6) is 0.0305. The largest absolute Gasteiger partial charge is 0.295 e. The molecular weight excluding hydrogens is 154 g/mol. The zero-order valence-electron chi connectivity index (χ0n) is 7.46. The van der Waals surface area contributed by atoms with Crippen molar-refractivity contribution in [1.29, 1.82) is 0 Å². The minimum atomic E-state index is -0.120. The molecule has 0 bridgehead atoms. The lowest BCUT2D eigenvalue weighted by Gasteiger charge is -2.01. The second-order valence-electron chi connectivity index (χ2n) is 2.81. The van der Waals surface area contributed by atoms with Gasteiger partial charge in [-0.3, -0.25) is 4.79 Å². The molecule has 12 heavy (non-hydrogen) atoms. The second kappa shape index (κ2) is 5.44. The van der Waals surface area contributed by atoms with Crippen molar-refractivity contribution in [3.63, 3.8) is 0 Å². The van der Waals surface area contributed by atoms with Crippen LogP contribution in [0.15, 0.2) is 17.1 Å². The molecule has 0 saturated carbocycles. The fourth-order valence-corrected chi connectivity index (χ4v) is 0.708. The van der Waals surface area contributed by atoms with E-state index in [0.29, 0.717) is 18.4 Å². The van der Waals surface area contributed by atoms with Gasteiger partial charge in [0.05, 0.1) is 6.04 Å². The molecule has 3 heteroatoms. The van der Waals surface area contributed by atoms with Crippen LogP contribution >= 0.6 is 0 Å². The topological polar surface area (TPSA) is 46.5 Å². The Morgan fingerprint density at radius 2 is 2.25 bits per heavy atom. The highest BCUT2D eigenvalue weighted by Crippen LogP contribution is 2.04. The Morgan fingerprint density at radius 3 is 2.67 bits per heavy atom. The van der Waals surface area contributed by atoms with Crippen LogP contribution in [0.1, 0.15) is 26.7 Å². The van der Waals surface area contributed by atoms with Crippen molar-refractivity contribution in [3.8, 4) is 0 Å². The molecule has 0 spiro atoms. The monoisotopic (exact) mass is 167 g/mol.